The van der Waals surface area contributed by atoms with Crippen molar-refractivity contribution in [3.05, 3.63) is 48.3 Å². The van der Waals surface area contributed by atoms with Crippen LogP contribution in [0.2, 0.25) is 0 Å². The first-order chi connectivity index (χ1) is 11.9. The Balaban J connectivity index is 1.44. The fourth-order valence-corrected chi connectivity index (χ4v) is 3.71. The normalized spacial score (nSPS) is 21.3. The second kappa shape index (κ2) is 7.18. The fraction of sp³-hybridized carbons (Fsp3) is 0.474. The molecule has 3 heterocycles. The van der Waals surface area contributed by atoms with Gasteiger partial charge in [-0.3, -0.25) is 9.88 Å². The first-order valence-electron chi connectivity index (χ1n) is 8.86. The largest absolute Gasteiger partial charge is 0.472 e. The third-order valence-electron chi connectivity index (χ3n) is 4.96. The maximum absolute atomic E-state index is 5.83. The van der Waals surface area contributed by atoms with Gasteiger partial charge in [0.2, 0.25) is 5.88 Å². The van der Waals surface area contributed by atoms with Gasteiger partial charge >= 0.3 is 0 Å². The van der Waals surface area contributed by atoms with Crippen molar-refractivity contribution in [2.24, 2.45) is 0 Å². The van der Waals surface area contributed by atoms with Gasteiger partial charge in [0.25, 0.3) is 0 Å². The maximum Gasteiger partial charge on any atom is 0.234 e. The molecule has 0 aliphatic carbocycles. The van der Waals surface area contributed by atoms with Gasteiger partial charge in [-0.05, 0) is 31.4 Å². The summed E-state index contributed by atoms with van der Waals surface area (Å²) in [5, 5.41) is 0. The van der Waals surface area contributed by atoms with Crippen LogP contribution in [0.5, 0.6) is 5.88 Å². The third-order valence-corrected chi connectivity index (χ3v) is 4.96. The minimum absolute atomic E-state index is 0.523. The number of fused-ring (bicyclic) bond motifs is 1. The zero-order valence-electron chi connectivity index (χ0n) is 14.0. The second-order valence-electron chi connectivity index (χ2n) is 6.62. The molecule has 2 aliphatic rings. The summed E-state index contributed by atoms with van der Waals surface area (Å²) >= 11 is 0. The van der Waals surface area contributed by atoms with E-state index in [1.165, 1.54) is 32.4 Å². The minimum Gasteiger partial charge on any atom is -0.472 e. The van der Waals surface area contributed by atoms with Crippen molar-refractivity contribution in [1.82, 2.24) is 14.9 Å². The number of benzene rings is 1. The molecule has 5 nitrogen and oxygen atoms in total. The first kappa shape index (κ1) is 15.4. The molecule has 5 heteroatoms. The summed E-state index contributed by atoms with van der Waals surface area (Å²) in [6.45, 7) is 5.08. The highest BCUT2D eigenvalue weighted by atomic mass is 16.5. The molecule has 24 heavy (non-hydrogen) atoms. The third kappa shape index (κ3) is 3.51. The molecule has 1 aromatic carbocycles. The number of hydrogen-bond acceptors (Lipinski definition) is 5. The zero-order chi connectivity index (χ0) is 16.2. The Morgan fingerprint density at radius 2 is 1.92 bits per heavy atom. The van der Waals surface area contributed by atoms with E-state index < -0.39 is 0 Å². The van der Waals surface area contributed by atoms with Gasteiger partial charge in [0.05, 0.1) is 12.4 Å². The average molecular weight is 324 g/mol. The van der Waals surface area contributed by atoms with E-state index in [0.29, 0.717) is 18.5 Å². The SMILES string of the molecule is c1ccc(COc2cncc(N3CCCN4CCC[C@H]4C3)n2)cc1. The standard InChI is InChI=1S/C19H24N4O/c1-2-6-16(7-3-1)15-24-19-13-20-12-18(21-19)23-11-5-10-22-9-4-8-17(22)14-23/h1-3,6-7,12-13,17H,4-5,8-11,14-15H2/t17-/m0/s1. The van der Waals surface area contributed by atoms with Gasteiger partial charge in [-0.25, -0.2) is 0 Å². The van der Waals surface area contributed by atoms with Gasteiger partial charge in [0, 0.05) is 25.7 Å². The number of anilines is 1. The summed E-state index contributed by atoms with van der Waals surface area (Å²) in [6, 6.07) is 10.8. The van der Waals surface area contributed by atoms with Gasteiger partial charge in [-0.1, -0.05) is 30.3 Å². The predicted molar refractivity (Wildman–Crippen MR) is 94.2 cm³/mol. The van der Waals surface area contributed by atoms with Gasteiger partial charge in [-0.2, -0.15) is 4.98 Å². The lowest BCUT2D eigenvalue weighted by molar-refractivity contribution is 0.272. The van der Waals surface area contributed by atoms with Gasteiger partial charge in [0.1, 0.15) is 6.61 Å². The first-order valence-corrected chi connectivity index (χ1v) is 8.86. The zero-order valence-corrected chi connectivity index (χ0v) is 14.0. The Morgan fingerprint density at radius 3 is 2.83 bits per heavy atom. The lowest BCUT2D eigenvalue weighted by Crippen LogP contribution is -2.37. The van der Waals surface area contributed by atoms with Crippen LogP contribution < -0.4 is 9.64 Å². The van der Waals surface area contributed by atoms with Crippen LogP contribution in [0.25, 0.3) is 0 Å². The fourth-order valence-electron chi connectivity index (χ4n) is 3.71. The van der Waals surface area contributed by atoms with Crippen molar-refractivity contribution in [3.8, 4) is 5.88 Å². The van der Waals surface area contributed by atoms with Crippen molar-refractivity contribution < 1.29 is 4.74 Å². The Hall–Kier alpha value is -2.14. The number of nitrogens with zero attached hydrogens (tertiary/aromatic N) is 4. The Labute approximate surface area is 143 Å². The number of aromatic nitrogens is 2. The lowest BCUT2D eigenvalue weighted by Gasteiger charge is -2.26. The molecule has 0 radical (unpaired) electrons. The van der Waals surface area contributed by atoms with Crippen molar-refractivity contribution in [2.75, 3.05) is 31.1 Å². The molecule has 2 aliphatic heterocycles. The van der Waals surface area contributed by atoms with Crippen molar-refractivity contribution in [2.45, 2.75) is 31.9 Å². The maximum atomic E-state index is 5.83. The van der Waals surface area contributed by atoms with E-state index in [1.807, 2.05) is 24.4 Å². The number of ether oxygens (including phenoxy) is 1. The summed E-state index contributed by atoms with van der Waals surface area (Å²) in [7, 11) is 0. The van der Waals surface area contributed by atoms with E-state index >= 15 is 0 Å². The van der Waals surface area contributed by atoms with E-state index in [-0.39, 0.29) is 0 Å². The molecule has 0 N–H and O–H groups in total. The molecule has 2 aromatic rings. The Morgan fingerprint density at radius 1 is 1.04 bits per heavy atom. The van der Waals surface area contributed by atoms with E-state index in [9.17, 15) is 0 Å². The van der Waals surface area contributed by atoms with Crippen LogP contribution in [0.15, 0.2) is 42.7 Å². The monoisotopic (exact) mass is 324 g/mol. The molecule has 0 unspecified atom stereocenters. The molecule has 1 atom stereocenters. The average Bonchev–Trinajstić information content (AvgIpc) is 2.98. The molecule has 1 aromatic heterocycles. The Kier molecular flexibility index (Phi) is 4.60. The smallest absolute Gasteiger partial charge is 0.234 e. The summed E-state index contributed by atoms with van der Waals surface area (Å²) < 4.78 is 5.83. The second-order valence-corrected chi connectivity index (χ2v) is 6.62. The molecule has 0 saturated carbocycles. The van der Waals surface area contributed by atoms with Crippen LogP contribution >= 0.6 is 0 Å². The Bertz CT molecular complexity index is 663. The van der Waals surface area contributed by atoms with Crippen LogP contribution in [0.1, 0.15) is 24.8 Å². The van der Waals surface area contributed by atoms with Crippen LogP contribution in [0.4, 0.5) is 5.82 Å². The number of rotatable bonds is 4. The van der Waals surface area contributed by atoms with Crippen LogP contribution in [0, 0.1) is 0 Å². The molecule has 4 rings (SSSR count). The predicted octanol–water partition coefficient (Wildman–Crippen LogP) is 2.73. The highest BCUT2D eigenvalue weighted by Crippen LogP contribution is 2.24. The van der Waals surface area contributed by atoms with Crippen molar-refractivity contribution >= 4 is 5.82 Å². The molecule has 0 amide bonds. The van der Waals surface area contributed by atoms with Gasteiger partial charge in [-0.15, -0.1) is 0 Å². The van der Waals surface area contributed by atoms with Crippen LogP contribution in [0.3, 0.4) is 0 Å². The molecule has 2 saturated heterocycles. The van der Waals surface area contributed by atoms with Crippen molar-refractivity contribution in [3.63, 3.8) is 0 Å². The molecular formula is C19H24N4O. The summed E-state index contributed by atoms with van der Waals surface area (Å²) in [5.41, 5.74) is 1.14. The van der Waals surface area contributed by atoms with E-state index in [4.69, 9.17) is 9.72 Å². The quantitative estimate of drug-likeness (QED) is 0.865. The van der Waals surface area contributed by atoms with E-state index in [1.54, 1.807) is 6.20 Å². The number of hydrogen-bond donors (Lipinski definition) is 0. The molecule has 0 bridgehead atoms. The minimum atomic E-state index is 0.523. The molecule has 0 spiro atoms. The highest BCUT2D eigenvalue weighted by molar-refractivity contribution is 5.38. The van der Waals surface area contributed by atoms with Crippen LogP contribution in [-0.4, -0.2) is 47.1 Å². The lowest BCUT2D eigenvalue weighted by atomic mass is 10.2. The van der Waals surface area contributed by atoms with Crippen molar-refractivity contribution in [1.29, 1.82) is 0 Å². The summed E-state index contributed by atoms with van der Waals surface area (Å²) in [6.07, 6.45) is 7.37. The summed E-state index contributed by atoms with van der Waals surface area (Å²) in [5.74, 6) is 1.54. The van der Waals surface area contributed by atoms with Crippen LogP contribution in [-0.2, 0) is 6.61 Å². The van der Waals surface area contributed by atoms with Gasteiger partial charge in [0.15, 0.2) is 5.82 Å². The van der Waals surface area contributed by atoms with Gasteiger partial charge < -0.3 is 9.64 Å². The highest BCUT2D eigenvalue weighted by Gasteiger charge is 2.29. The van der Waals surface area contributed by atoms with E-state index in [2.05, 4.69) is 26.9 Å². The molecule has 2 fully saturated rings. The molecule has 126 valence electrons. The topological polar surface area (TPSA) is 41.5 Å². The van der Waals surface area contributed by atoms with E-state index in [0.717, 1.165) is 24.5 Å². The molecular weight excluding hydrogens is 300 g/mol. The summed E-state index contributed by atoms with van der Waals surface area (Å²) in [4.78, 5) is 14.0.